The van der Waals surface area contributed by atoms with E-state index in [-0.39, 0.29) is 16.0 Å². The number of rotatable bonds is 2. The summed E-state index contributed by atoms with van der Waals surface area (Å²) in [5, 5.41) is 1.75. The number of methoxy groups -OCH3 is 1. The summed E-state index contributed by atoms with van der Waals surface area (Å²) in [5.74, 6) is -2.45. The van der Waals surface area contributed by atoms with Gasteiger partial charge in [-0.1, -0.05) is 20.8 Å². The van der Waals surface area contributed by atoms with Crippen molar-refractivity contribution in [3.63, 3.8) is 0 Å². The number of halogens is 3. The number of carbonyl (C=O) groups is 2. The molecule has 1 aromatic heterocycles. The molecule has 0 spiro atoms. The van der Waals surface area contributed by atoms with Crippen LogP contribution in [0.15, 0.2) is 0 Å². The van der Waals surface area contributed by atoms with E-state index in [2.05, 4.69) is 20.8 Å². The second-order valence-corrected chi connectivity index (χ2v) is 8.06. The van der Waals surface area contributed by atoms with Gasteiger partial charge in [0.05, 0.1) is 12.7 Å². The molecule has 1 aliphatic rings. The second-order valence-electron chi connectivity index (χ2n) is 6.96. The van der Waals surface area contributed by atoms with Gasteiger partial charge in [0.2, 0.25) is 0 Å². The molecule has 1 aliphatic carbocycles. The van der Waals surface area contributed by atoms with Gasteiger partial charge < -0.3 is 10.1 Å². The minimum atomic E-state index is -5.01. The predicted molar refractivity (Wildman–Crippen MR) is 85.3 cm³/mol. The van der Waals surface area contributed by atoms with E-state index in [0.29, 0.717) is 24.3 Å². The Bertz CT molecular complexity index is 659. The Morgan fingerprint density at radius 3 is 2.38 bits per heavy atom. The van der Waals surface area contributed by atoms with Gasteiger partial charge in [0.25, 0.3) is 0 Å². The summed E-state index contributed by atoms with van der Waals surface area (Å²) >= 11 is 1.04. The van der Waals surface area contributed by atoms with Gasteiger partial charge in [0.15, 0.2) is 0 Å². The van der Waals surface area contributed by atoms with Crippen LogP contribution in [0.2, 0.25) is 0 Å². The first kappa shape index (κ1) is 18.8. The highest BCUT2D eigenvalue weighted by atomic mass is 32.1. The molecule has 0 saturated carbocycles. The molecule has 1 amide bonds. The number of amides is 1. The molecular formula is C16H20F3NO3S. The first-order chi connectivity index (χ1) is 10.9. The summed E-state index contributed by atoms with van der Waals surface area (Å²) in [5.41, 5.74) is 0.815. The molecule has 0 aromatic carbocycles. The van der Waals surface area contributed by atoms with Crippen LogP contribution in [0.1, 0.15) is 48.0 Å². The monoisotopic (exact) mass is 363 g/mol. The van der Waals surface area contributed by atoms with Gasteiger partial charge in [-0.2, -0.15) is 13.2 Å². The van der Waals surface area contributed by atoms with E-state index in [1.165, 1.54) is 7.11 Å². The summed E-state index contributed by atoms with van der Waals surface area (Å²) < 4.78 is 42.3. The molecular weight excluding hydrogens is 343 g/mol. The van der Waals surface area contributed by atoms with E-state index in [4.69, 9.17) is 4.74 Å². The van der Waals surface area contributed by atoms with Gasteiger partial charge in [-0.25, -0.2) is 4.79 Å². The van der Waals surface area contributed by atoms with E-state index in [1.54, 1.807) is 0 Å². The van der Waals surface area contributed by atoms with Crippen molar-refractivity contribution in [3.05, 3.63) is 16.0 Å². The number of alkyl halides is 3. The lowest BCUT2D eigenvalue weighted by Crippen LogP contribution is -2.30. The van der Waals surface area contributed by atoms with Gasteiger partial charge in [0, 0.05) is 4.88 Å². The van der Waals surface area contributed by atoms with E-state index in [1.807, 2.05) is 5.32 Å². The fourth-order valence-electron chi connectivity index (χ4n) is 2.91. The number of carbonyl (C=O) groups excluding carboxylic acids is 2. The summed E-state index contributed by atoms with van der Waals surface area (Å²) in [6.07, 6.45) is -2.91. The Kier molecular flexibility index (Phi) is 4.99. The van der Waals surface area contributed by atoms with Crippen molar-refractivity contribution in [1.82, 2.24) is 0 Å². The zero-order chi connectivity index (χ0) is 18.3. The molecule has 0 saturated heterocycles. The Labute approximate surface area is 142 Å². The first-order valence-electron chi connectivity index (χ1n) is 7.56. The standard InChI is InChI=1S/C16H20F3NO3S/c1-15(2,3)8-5-6-9-10(7-8)24-12(11(9)13(21)23-4)20-14(22)16(17,18)19/h8H,5-7H2,1-4H3,(H,20,22)/t8-/m0/s1. The number of anilines is 1. The topological polar surface area (TPSA) is 55.4 Å². The molecule has 0 bridgehead atoms. The summed E-state index contributed by atoms with van der Waals surface area (Å²) in [6, 6.07) is 0. The van der Waals surface area contributed by atoms with Crippen LogP contribution in [0.3, 0.4) is 0 Å². The minimum Gasteiger partial charge on any atom is -0.465 e. The average Bonchev–Trinajstić information content (AvgIpc) is 2.81. The fourth-order valence-corrected chi connectivity index (χ4v) is 4.22. The third-order valence-corrected chi connectivity index (χ3v) is 5.53. The SMILES string of the molecule is COC(=O)c1c(NC(=O)C(F)(F)F)sc2c1CC[C@H](C(C)(C)C)C2. The second kappa shape index (κ2) is 6.38. The normalized spacial score (nSPS) is 18.0. The largest absolute Gasteiger partial charge is 0.471 e. The van der Waals surface area contributed by atoms with Gasteiger partial charge in [-0.15, -0.1) is 11.3 Å². The molecule has 2 rings (SSSR count). The number of hydrogen-bond donors (Lipinski definition) is 1. The maximum absolute atomic E-state index is 12.5. The predicted octanol–water partition coefficient (Wildman–Crippen LogP) is 4.19. The minimum absolute atomic E-state index is 0.0578. The van der Waals surface area contributed by atoms with Gasteiger partial charge in [0.1, 0.15) is 5.00 Å². The van der Waals surface area contributed by atoms with Gasteiger partial charge in [-0.3, -0.25) is 4.79 Å². The lowest BCUT2D eigenvalue weighted by molar-refractivity contribution is -0.167. The van der Waals surface area contributed by atoms with E-state index in [9.17, 15) is 22.8 Å². The van der Waals surface area contributed by atoms with Crippen LogP contribution in [-0.2, 0) is 22.4 Å². The van der Waals surface area contributed by atoms with Crippen molar-refractivity contribution in [3.8, 4) is 0 Å². The lowest BCUT2D eigenvalue weighted by atomic mass is 9.72. The average molecular weight is 363 g/mol. The maximum atomic E-state index is 12.5. The number of thiophene rings is 1. The van der Waals surface area contributed by atoms with E-state index in [0.717, 1.165) is 22.6 Å². The zero-order valence-electron chi connectivity index (χ0n) is 14.0. The first-order valence-corrected chi connectivity index (χ1v) is 8.37. The van der Waals surface area contributed by atoms with Crippen LogP contribution in [0.4, 0.5) is 18.2 Å². The van der Waals surface area contributed by atoms with Crippen molar-refractivity contribution >= 4 is 28.2 Å². The molecule has 0 unspecified atom stereocenters. The Hall–Kier alpha value is -1.57. The van der Waals surface area contributed by atoms with Crippen LogP contribution in [0.25, 0.3) is 0 Å². The van der Waals surface area contributed by atoms with Crippen molar-refractivity contribution in [2.75, 3.05) is 12.4 Å². The highest BCUT2D eigenvalue weighted by Crippen LogP contribution is 2.44. The Morgan fingerprint density at radius 2 is 1.88 bits per heavy atom. The molecule has 24 heavy (non-hydrogen) atoms. The molecule has 134 valence electrons. The van der Waals surface area contributed by atoms with E-state index < -0.39 is 18.1 Å². The quantitative estimate of drug-likeness (QED) is 0.802. The molecule has 0 radical (unpaired) electrons. The number of fused-ring (bicyclic) bond motifs is 1. The Balaban J connectivity index is 2.41. The van der Waals surface area contributed by atoms with Crippen LogP contribution in [0, 0.1) is 11.3 Å². The van der Waals surface area contributed by atoms with E-state index >= 15 is 0 Å². The van der Waals surface area contributed by atoms with Crippen molar-refractivity contribution in [2.24, 2.45) is 11.3 Å². The molecule has 1 heterocycles. The molecule has 1 N–H and O–H groups in total. The zero-order valence-corrected chi connectivity index (χ0v) is 14.8. The molecule has 1 atom stereocenters. The summed E-state index contributed by atoms with van der Waals surface area (Å²) in [6.45, 7) is 6.34. The van der Waals surface area contributed by atoms with Crippen LogP contribution in [0.5, 0.6) is 0 Å². The third kappa shape index (κ3) is 3.74. The third-order valence-electron chi connectivity index (χ3n) is 4.36. The van der Waals surface area contributed by atoms with Gasteiger partial charge in [-0.05, 0) is 36.2 Å². The molecule has 8 heteroatoms. The number of hydrogen-bond acceptors (Lipinski definition) is 4. The van der Waals surface area contributed by atoms with Crippen molar-refractivity contribution in [1.29, 1.82) is 0 Å². The molecule has 0 fully saturated rings. The number of nitrogens with one attached hydrogen (secondary N) is 1. The van der Waals surface area contributed by atoms with Crippen LogP contribution in [-0.4, -0.2) is 25.2 Å². The molecule has 0 aliphatic heterocycles. The van der Waals surface area contributed by atoms with Crippen molar-refractivity contribution < 1.29 is 27.5 Å². The summed E-state index contributed by atoms with van der Waals surface area (Å²) in [4.78, 5) is 24.1. The fraction of sp³-hybridized carbons (Fsp3) is 0.625. The molecule has 1 aromatic rings. The van der Waals surface area contributed by atoms with Crippen LogP contribution >= 0.6 is 11.3 Å². The Morgan fingerprint density at radius 1 is 1.25 bits per heavy atom. The van der Waals surface area contributed by atoms with Crippen LogP contribution < -0.4 is 5.32 Å². The number of ether oxygens (including phenoxy) is 1. The number of esters is 1. The lowest BCUT2D eigenvalue weighted by Gasteiger charge is -2.33. The maximum Gasteiger partial charge on any atom is 0.471 e. The van der Waals surface area contributed by atoms with Crippen molar-refractivity contribution in [2.45, 2.75) is 46.2 Å². The summed E-state index contributed by atoms with van der Waals surface area (Å²) in [7, 11) is 1.17. The smallest absolute Gasteiger partial charge is 0.465 e. The highest BCUT2D eigenvalue weighted by Gasteiger charge is 2.41. The molecule has 4 nitrogen and oxygen atoms in total. The van der Waals surface area contributed by atoms with Gasteiger partial charge >= 0.3 is 18.1 Å². The highest BCUT2D eigenvalue weighted by molar-refractivity contribution is 7.17.